The molecule has 0 aliphatic heterocycles. The molecule has 0 radical (unpaired) electrons. The summed E-state index contributed by atoms with van der Waals surface area (Å²) in [5.74, 6) is -0.469. The Hall–Kier alpha value is -0.270. The third-order valence-electron chi connectivity index (χ3n) is 1.55. The molecule has 1 N–H and O–H groups in total. The zero-order valence-corrected chi connectivity index (χ0v) is 11.5. The Kier molecular flexibility index (Phi) is 4.63. The van der Waals surface area contributed by atoms with Gasteiger partial charge in [0.05, 0.1) is 9.75 Å². The molecule has 1 aromatic rings. The van der Waals surface area contributed by atoms with Crippen LogP contribution in [0.5, 0.6) is 0 Å². The van der Waals surface area contributed by atoms with Crippen LogP contribution in [-0.4, -0.2) is 10.5 Å². The zero-order valence-electron chi connectivity index (χ0n) is 9.07. The molecule has 1 atom stereocenters. The Bertz CT molecular complexity index is 375. The second-order valence-corrected chi connectivity index (χ2v) is 7.17. The van der Waals surface area contributed by atoms with Gasteiger partial charge in [-0.05, 0) is 26.8 Å². The lowest BCUT2D eigenvalue weighted by Gasteiger charge is -2.16. The molecule has 1 heterocycles. The van der Waals surface area contributed by atoms with Gasteiger partial charge in [-0.1, -0.05) is 22.9 Å². The summed E-state index contributed by atoms with van der Waals surface area (Å²) in [6.45, 7) is 5.13. The summed E-state index contributed by atoms with van der Waals surface area (Å²) in [5.41, 5.74) is -0.635. The molecule has 1 rings (SSSR count). The van der Waals surface area contributed by atoms with E-state index in [0.29, 0.717) is 8.55 Å². The average Bonchev–Trinajstić information content (AvgIpc) is 2.59. The number of nitrogens with one attached hydrogen (secondary N) is 1. The van der Waals surface area contributed by atoms with Crippen LogP contribution in [0, 0.1) is 5.41 Å². The molecule has 0 bridgehead atoms. The van der Waals surface area contributed by atoms with Crippen molar-refractivity contribution in [1.82, 2.24) is 4.89 Å². The topological polar surface area (TPSA) is 61.4 Å². The number of hydrogen-bond acceptors (Lipinski definition) is 5. The fraction of sp³-hybridized carbons (Fsp3) is 0.444. The van der Waals surface area contributed by atoms with Crippen molar-refractivity contribution in [1.29, 1.82) is 0 Å². The molecule has 0 amide bonds. The van der Waals surface area contributed by atoms with Crippen molar-refractivity contribution in [2.24, 2.45) is 5.41 Å². The van der Waals surface area contributed by atoms with E-state index in [1.165, 1.54) is 11.3 Å². The highest BCUT2D eigenvalue weighted by molar-refractivity contribution is 7.91. The first-order valence-electron chi connectivity index (χ1n) is 4.45. The Morgan fingerprint density at radius 2 is 2.19 bits per heavy atom. The second-order valence-electron chi connectivity index (χ2n) is 4.05. The smallest absolute Gasteiger partial charge is 0.335 e. The van der Waals surface area contributed by atoms with Crippen LogP contribution in [0.3, 0.4) is 0 Å². The third kappa shape index (κ3) is 3.95. The van der Waals surface area contributed by atoms with Crippen molar-refractivity contribution in [3.63, 3.8) is 0 Å². The number of carbonyl (C=O) groups excluding carboxylic acids is 1. The van der Waals surface area contributed by atoms with E-state index in [1.807, 2.05) is 0 Å². The molecule has 0 aliphatic carbocycles. The van der Waals surface area contributed by atoms with Gasteiger partial charge in [0.2, 0.25) is 4.21 Å². The SMILES string of the molecule is CC(C)(C)C(=O)ON[S+]([O-])c1ccc(Cl)s1. The number of thiophene rings is 1. The Balaban J connectivity index is 2.48. The van der Waals surface area contributed by atoms with E-state index in [1.54, 1.807) is 32.9 Å². The summed E-state index contributed by atoms with van der Waals surface area (Å²) >= 11 is 5.28. The van der Waals surface area contributed by atoms with Gasteiger partial charge in [0.25, 0.3) is 0 Å². The summed E-state index contributed by atoms with van der Waals surface area (Å²) in [5, 5.41) is 0. The van der Waals surface area contributed by atoms with E-state index in [9.17, 15) is 9.35 Å². The minimum atomic E-state index is -1.58. The summed E-state index contributed by atoms with van der Waals surface area (Å²) < 4.78 is 12.6. The van der Waals surface area contributed by atoms with E-state index >= 15 is 0 Å². The summed E-state index contributed by atoms with van der Waals surface area (Å²) in [6.07, 6.45) is 0. The van der Waals surface area contributed by atoms with Gasteiger partial charge in [0, 0.05) is 11.0 Å². The highest BCUT2D eigenvalue weighted by Crippen LogP contribution is 2.25. The molecule has 0 saturated heterocycles. The van der Waals surface area contributed by atoms with Crippen molar-refractivity contribution in [3.8, 4) is 0 Å². The standard InChI is InChI=1S/C9H12ClNO3S2/c1-9(2,3)8(12)14-11-16(13)7-5-4-6(10)15-7/h4-5,11H,1-3H3. The molecule has 0 saturated carbocycles. The van der Waals surface area contributed by atoms with E-state index in [4.69, 9.17) is 16.4 Å². The Morgan fingerprint density at radius 3 is 2.62 bits per heavy atom. The lowest BCUT2D eigenvalue weighted by molar-refractivity contribution is -0.156. The van der Waals surface area contributed by atoms with Crippen LogP contribution < -0.4 is 4.89 Å². The normalized spacial score (nSPS) is 13.6. The first kappa shape index (κ1) is 13.8. The van der Waals surface area contributed by atoms with Crippen molar-refractivity contribution < 1.29 is 14.2 Å². The first-order chi connectivity index (χ1) is 7.30. The van der Waals surface area contributed by atoms with Crippen molar-refractivity contribution in [3.05, 3.63) is 16.5 Å². The maximum atomic E-state index is 11.6. The van der Waals surface area contributed by atoms with Crippen LogP contribution in [-0.2, 0) is 21.0 Å². The third-order valence-corrected chi connectivity index (χ3v) is 4.02. The highest BCUT2D eigenvalue weighted by atomic mass is 35.5. The lowest BCUT2D eigenvalue weighted by Crippen LogP contribution is -2.32. The van der Waals surface area contributed by atoms with Gasteiger partial charge in [-0.15, -0.1) is 0 Å². The predicted octanol–water partition coefficient (Wildman–Crippen LogP) is 2.52. The summed E-state index contributed by atoms with van der Waals surface area (Å²) in [4.78, 5) is 18.3. The first-order valence-corrected chi connectivity index (χ1v) is 6.79. The molecule has 1 unspecified atom stereocenters. The number of halogens is 1. The fourth-order valence-corrected chi connectivity index (χ4v) is 2.68. The van der Waals surface area contributed by atoms with Crippen LogP contribution in [0.4, 0.5) is 0 Å². The molecule has 16 heavy (non-hydrogen) atoms. The van der Waals surface area contributed by atoms with Crippen molar-refractivity contribution >= 4 is 40.3 Å². The van der Waals surface area contributed by atoms with Gasteiger partial charge in [-0.2, -0.15) is 0 Å². The highest BCUT2D eigenvalue weighted by Gasteiger charge is 2.26. The van der Waals surface area contributed by atoms with Crippen molar-refractivity contribution in [2.75, 3.05) is 0 Å². The fourth-order valence-electron chi connectivity index (χ4n) is 0.667. The molecule has 0 spiro atoms. The van der Waals surface area contributed by atoms with Gasteiger partial charge < -0.3 is 9.39 Å². The molecule has 90 valence electrons. The van der Waals surface area contributed by atoms with Crippen LogP contribution in [0.15, 0.2) is 16.3 Å². The second kappa shape index (κ2) is 5.37. The van der Waals surface area contributed by atoms with Crippen LogP contribution >= 0.6 is 22.9 Å². The van der Waals surface area contributed by atoms with Crippen LogP contribution in [0.2, 0.25) is 4.34 Å². The largest absolute Gasteiger partial charge is 0.590 e. The van der Waals surface area contributed by atoms with E-state index in [-0.39, 0.29) is 0 Å². The summed E-state index contributed by atoms with van der Waals surface area (Å²) in [6, 6.07) is 3.24. The zero-order chi connectivity index (χ0) is 12.3. The van der Waals surface area contributed by atoms with Crippen molar-refractivity contribution in [2.45, 2.75) is 25.0 Å². The summed E-state index contributed by atoms with van der Waals surface area (Å²) in [7, 11) is 0. The van der Waals surface area contributed by atoms with Gasteiger partial charge in [0.1, 0.15) is 11.4 Å². The molecule has 0 aromatic carbocycles. The van der Waals surface area contributed by atoms with Crippen LogP contribution in [0.25, 0.3) is 0 Å². The Morgan fingerprint density at radius 1 is 1.56 bits per heavy atom. The van der Waals surface area contributed by atoms with Crippen LogP contribution in [0.1, 0.15) is 20.8 Å². The predicted molar refractivity (Wildman–Crippen MR) is 64.4 cm³/mol. The minimum absolute atomic E-state index is 0.469. The molecule has 4 nitrogen and oxygen atoms in total. The number of hydrogen-bond donors (Lipinski definition) is 1. The maximum Gasteiger partial charge on any atom is 0.335 e. The maximum absolute atomic E-state index is 11.6. The van der Waals surface area contributed by atoms with E-state index in [0.717, 1.165) is 0 Å². The average molecular weight is 282 g/mol. The quantitative estimate of drug-likeness (QED) is 0.683. The molecule has 0 aliphatic rings. The minimum Gasteiger partial charge on any atom is -0.590 e. The van der Waals surface area contributed by atoms with E-state index < -0.39 is 22.7 Å². The number of carbonyl (C=O) groups is 1. The molecular weight excluding hydrogens is 270 g/mol. The van der Waals surface area contributed by atoms with Gasteiger partial charge in [0.15, 0.2) is 0 Å². The molecule has 1 aromatic heterocycles. The lowest BCUT2D eigenvalue weighted by atomic mass is 9.98. The van der Waals surface area contributed by atoms with Gasteiger partial charge >= 0.3 is 5.97 Å². The van der Waals surface area contributed by atoms with Gasteiger partial charge in [-0.3, -0.25) is 0 Å². The molecule has 0 fully saturated rings. The van der Waals surface area contributed by atoms with E-state index in [2.05, 4.69) is 4.89 Å². The molecular formula is C9H12ClNO3S2. The van der Waals surface area contributed by atoms with Gasteiger partial charge in [-0.25, -0.2) is 4.79 Å². The number of rotatable bonds is 3. The monoisotopic (exact) mass is 281 g/mol. The molecule has 7 heteroatoms. The Labute approximate surface area is 106 Å².